The number of Topliss-reactive ketones (excluding diaryl/α,β-unsaturated/α-hetero) is 1. The average Bonchev–Trinajstić information content (AvgIpc) is 2.44. The van der Waals surface area contributed by atoms with Gasteiger partial charge in [-0.2, -0.15) is 0 Å². The monoisotopic (exact) mass is 265 g/mol. The molecular formula is C15H23NO3. The van der Waals surface area contributed by atoms with Gasteiger partial charge in [-0.25, -0.2) is 0 Å². The van der Waals surface area contributed by atoms with Gasteiger partial charge in [0.15, 0.2) is 5.78 Å². The fourth-order valence-corrected chi connectivity index (χ4v) is 1.91. The van der Waals surface area contributed by atoms with Crippen LogP contribution >= 0.6 is 0 Å². The molecule has 0 saturated carbocycles. The Morgan fingerprint density at radius 3 is 2.63 bits per heavy atom. The molecule has 0 spiro atoms. The lowest BCUT2D eigenvalue weighted by molar-refractivity contribution is 0.0932. The average molecular weight is 265 g/mol. The zero-order valence-electron chi connectivity index (χ0n) is 11.8. The summed E-state index contributed by atoms with van der Waals surface area (Å²) in [5.74, 6) is 0.594. The maximum Gasteiger partial charge on any atom is 0.183 e. The van der Waals surface area contributed by atoms with Gasteiger partial charge in [0.05, 0.1) is 24.8 Å². The molecule has 2 unspecified atom stereocenters. The van der Waals surface area contributed by atoms with Crippen molar-refractivity contribution in [2.75, 3.05) is 13.2 Å². The van der Waals surface area contributed by atoms with Gasteiger partial charge in [-0.15, -0.1) is 0 Å². The Balaban J connectivity index is 2.81. The number of ether oxygens (including phenoxy) is 1. The smallest absolute Gasteiger partial charge is 0.183 e. The SMILES string of the molecule is CCOc1ccccc1C(=O)C(C)NC(CC)CO. The molecule has 1 aromatic rings. The van der Waals surface area contributed by atoms with Crippen molar-refractivity contribution in [2.45, 2.75) is 39.3 Å². The number of benzene rings is 1. The molecule has 0 heterocycles. The molecule has 0 aliphatic rings. The maximum absolute atomic E-state index is 12.4. The lowest BCUT2D eigenvalue weighted by Gasteiger charge is -2.20. The van der Waals surface area contributed by atoms with E-state index in [9.17, 15) is 4.79 Å². The maximum atomic E-state index is 12.4. The number of para-hydroxylation sites is 1. The predicted octanol–water partition coefficient (Wildman–Crippen LogP) is 2.02. The van der Waals surface area contributed by atoms with Crippen molar-refractivity contribution in [3.63, 3.8) is 0 Å². The molecular weight excluding hydrogens is 242 g/mol. The summed E-state index contributed by atoms with van der Waals surface area (Å²) in [6, 6.07) is 6.84. The van der Waals surface area contributed by atoms with Gasteiger partial charge >= 0.3 is 0 Å². The second kappa shape index (κ2) is 7.92. The van der Waals surface area contributed by atoms with Crippen LogP contribution < -0.4 is 10.1 Å². The van der Waals surface area contributed by atoms with E-state index in [0.29, 0.717) is 17.9 Å². The summed E-state index contributed by atoms with van der Waals surface area (Å²) in [4.78, 5) is 12.4. The van der Waals surface area contributed by atoms with Crippen LogP contribution in [0, 0.1) is 0 Å². The quantitative estimate of drug-likeness (QED) is 0.706. The summed E-state index contributed by atoms with van der Waals surface area (Å²) in [6.45, 7) is 6.23. The number of rotatable bonds is 8. The van der Waals surface area contributed by atoms with Crippen LogP contribution in [0.5, 0.6) is 5.75 Å². The van der Waals surface area contributed by atoms with Gasteiger partial charge in [0, 0.05) is 6.04 Å². The van der Waals surface area contributed by atoms with E-state index in [4.69, 9.17) is 9.84 Å². The number of aliphatic hydroxyl groups is 1. The molecule has 1 rings (SSSR count). The first-order valence-corrected chi connectivity index (χ1v) is 6.76. The molecule has 4 heteroatoms. The Morgan fingerprint density at radius 2 is 2.05 bits per heavy atom. The Hall–Kier alpha value is -1.39. The van der Waals surface area contributed by atoms with E-state index in [1.54, 1.807) is 12.1 Å². The van der Waals surface area contributed by atoms with Gasteiger partial charge in [0.25, 0.3) is 0 Å². The van der Waals surface area contributed by atoms with Crippen molar-refractivity contribution in [1.82, 2.24) is 5.32 Å². The Labute approximate surface area is 114 Å². The summed E-state index contributed by atoms with van der Waals surface area (Å²) < 4.78 is 5.47. The zero-order chi connectivity index (χ0) is 14.3. The summed E-state index contributed by atoms with van der Waals surface area (Å²) in [6.07, 6.45) is 0.779. The molecule has 0 aromatic heterocycles. The van der Waals surface area contributed by atoms with Gasteiger partial charge in [0.1, 0.15) is 5.75 Å². The number of aliphatic hydroxyl groups excluding tert-OH is 1. The molecule has 19 heavy (non-hydrogen) atoms. The number of carbonyl (C=O) groups excluding carboxylic acids is 1. The number of ketones is 1. The Kier molecular flexibility index (Phi) is 6.53. The lowest BCUT2D eigenvalue weighted by Crippen LogP contribution is -2.43. The number of nitrogens with one attached hydrogen (secondary N) is 1. The third-order valence-electron chi connectivity index (χ3n) is 3.04. The molecule has 0 aliphatic heterocycles. The van der Waals surface area contributed by atoms with E-state index in [0.717, 1.165) is 6.42 Å². The first kappa shape index (κ1) is 15.7. The molecule has 0 aliphatic carbocycles. The lowest BCUT2D eigenvalue weighted by atomic mass is 10.0. The van der Waals surface area contributed by atoms with Crippen molar-refractivity contribution < 1.29 is 14.6 Å². The van der Waals surface area contributed by atoms with Crippen LogP contribution in [0.3, 0.4) is 0 Å². The van der Waals surface area contributed by atoms with Gasteiger partial charge in [0.2, 0.25) is 0 Å². The molecule has 0 saturated heterocycles. The fraction of sp³-hybridized carbons (Fsp3) is 0.533. The Bertz CT molecular complexity index is 402. The van der Waals surface area contributed by atoms with Gasteiger partial charge in [-0.05, 0) is 32.4 Å². The Morgan fingerprint density at radius 1 is 1.37 bits per heavy atom. The highest BCUT2D eigenvalue weighted by atomic mass is 16.5. The van der Waals surface area contributed by atoms with Gasteiger partial charge in [-0.3, -0.25) is 4.79 Å². The number of hydrogen-bond donors (Lipinski definition) is 2. The summed E-state index contributed by atoms with van der Waals surface area (Å²) in [7, 11) is 0. The van der Waals surface area contributed by atoms with E-state index in [-0.39, 0.29) is 24.5 Å². The molecule has 0 bridgehead atoms. The highest BCUT2D eigenvalue weighted by Gasteiger charge is 2.20. The highest BCUT2D eigenvalue weighted by Crippen LogP contribution is 2.19. The van der Waals surface area contributed by atoms with E-state index in [1.807, 2.05) is 32.9 Å². The third kappa shape index (κ3) is 4.33. The first-order valence-electron chi connectivity index (χ1n) is 6.76. The first-order chi connectivity index (χ1) is 9.13. The standard InChI is InChI=1S/C15H23NO3/c1-4-12(10-17)16-11(3)15(18)13-8-6-7-9-14(13)19-5-2/h6-9,11-12,16-17H,4-5,10H2,1-3H3. The minimum absolute atomic E-state index is 0.0176. The minimum Gasteiger partial charge on any atom is -0.493 e. The van der Waals surface area contributed by atoms with Crippen LogP contribution in [-0.2, 0) is 0 Å². The molecule has 2 N–H and O–H groups in total. The van der Waals surface area contributed by atoms with Gasteiger partial charge < -0.3 is 15.2 Å². The van der Waals surface area contributed by atoms with Crippen LogP contribution in [0.4, 0.5) is 0 Å². The molecule has 1 aromatic carbocycles. The molecule has 2 atom stereocenters. The van der Waals surface area contributed by atoms with Crippen molar-refractivity contribution in [3.8, 4) is 5.75 Å². The third-order valence-corrected chi connectivity index (χ3v) is 3.04. The largest absolute Gasteiger partial charge is 0.493 e. The number of hydrogen-bond acceptors (Lipinski definition) is 4. The normalized spacial score (nSPS) is 13.9. The van der Waals surface area contributed by atoms with Gasteiger partial charge in [-0.1, -0.05) is 19.1 Å². The summed E-state index contributed by atoms with van der Waals surface area (Å²) in [5.41, 5.74) is 0.581. The fourth-order valence-electron chi connectivity index (χ4n) is 1.91. The minimum atomic E-state index is -0.348. The summed E-state index contributed by atoms with van der Waals surface area (Å²) in [5, 5.41) is 12.3. The second-order valence-corrected chi connectivity index (χ2v) is 4.47. The van der Waals surface area contributed by atoms with E-state index in [2.05, 4.69) is 5.32 Å². The molecule has 0 amide bonds. The zero-order valence-corrected chi connectivity index (χ0v) is 11.8. The molecule has 4 nitrogen and oxygen atoms in total. The van der Waals surface area contributed by atoms with Crippen LogP contribution in [-0.4, -0.2) is 36.2 Å². The van der Waals surface area contributed by atoms with Crippen molar-refractivity contribution >= 4 is 5.78 Å². The van der Waals surface area contributed by atoms with E-state index in [1.165, 1.54) is 0 Å². The molecule has 0 fully saturated rings. The second-order valence-electron chi connectivity index (χ2n) is 4.47. The van der Waals surface area contributed by atoms with Crippen LogP contribution in [0.25, 0.3) is 0 Å². The highest BCUT2D eigenvalue weighted by molar-refractivity contribution is 6.02. The molecule has 106 valence electrons. The van der Waals surface area contributed by atoms with Crippen molar-refractivity contribution in [1.29, 1.82) is 0 Å². The van der Waals surface area contributed by atoms with E-state index < -0.39 is 0 Å². The van der Waals surface area contributed by atoms with Crippen LogP contribution in [0.1, 0.15) is 37.6 Å². The molecule has 0 radical (unpaired) electrons. The van der Waals surface area contributed by atoms with Crippen molar-refractivity contribution in [3.05, 3.63) is 29.8 Å². The van der Waals surface area contributed by atoms with E-state index >= 15 is 0 Å². The predicted molar refractivity (Wildman–Crippen MR) is 75.7 cm³/mol. The van der Waals surface area contributed by atoms with Crippen LogP contribution in [0.2, 0.25) is 0 Å². The number of carbonyl (C=O) groups is 1. The van der Waals surface area contributed by atoms with Crippen LogP contribution in [0.15, 0.2) is 24.3 Å². The van der Waals surface area contributed by atoms with Crippen molar-refractivity contribution in [2.24, 2.45) is 0 Å². The topological polar surface area (TPSA) is 58.6 Å². The summed E-state index contributed by atoms with van der Waals surface area (Å²) >= 11 is 0.